The minimum Gasteiger partial charge on any atom is -0.508 e. The number of aliphatic carboxylic acids is 1. The number of hydrogen-bond donors (Lipinski definition) is 4. The van der Waals surface area contributed by atoms with Gasteiger partial charge in [0.1, 0.15) is 17.8 Å². The van der Waals surface area contributed by atoms with Crippen LogP contribution in [0.15, 0.2) is 24.3 Å². The van der Waals surface area contributed by atoms with Crippen LogP contribution in [0.5, 0.6) is 5.75 Å². The SMILES string of the molecule is CSCCC(NC(=O)C1CCCN1C(=O)C(N)Cc1ccc(O)cc1)C(=O)O. The van der Waals surface area contributed by atoms with Gasteiger partial charge >= 0.3 is 5.97 Å². The van der Waals surface area contributed by atoms with Crippen molar-refractivity contribution in [2.45, 2.75) is 43.8 Å². The molecule has 154 valence electrons. The molecule has 0 saturated carbocycles. The second-order valence-corrected chi connectivity index (χ2v) is 7.83. The van der Waals surface area contributed by atoms with Crippen LogP contribution in [0, 0.1) is 0 Å². The summed E-state index contributed by atoms with van der Waals surface area (Å²) in [6.07, 6.45) is 3.63. The maximum atomic E-state index is 12.8. The minimum absolute atomic E-state index is 0.134. The molecular formula is C19H27N3O5S. The molecule has 2 rings (SSSR count). The first-order valence-electron chi connectivity index (χ1n) is 9.19. The van der Waals surface area contributed by atoms with Crippen molar-refractivity contribution in [3.8, 4) is 5.75 Å². The zero-order valence-corrected chi connectivity index (χ0v) is 16.7. The standard InChI is InChI=1S/C19H27N3O5S/c1-28-10-8-15(19(26)27)21-17(24)16-3-2-9-22(16)18(25)14(20)11-12-4-6-13(23)7-5-12/h4-7,14-16,23H,2-3,8-11,20H2,1H3,(H,21,24)(H,26,27). The van der Waals surface area contributed by atoms with Crippen LogP contribution in [0.2, 0.25) is 0 Å². The molecule has 8 nitrogen and oxygen atoms in total. The lowest BCUT2D eigenvalue weighted by atomic mass is 10.0. The van der Waals surface area contributed by atoms with Crippen molar-refractivity contribution in [2.24, 2.45) is 5.73 Å². The number of likely N-dealkylation sites (tertiary alicyclic amines) is 1. The number of hydrogen-bond acceptors (Lipinski definition) is 6. The summed E-state index contributed by atoms with van der Waals surface area (Å²) in [5, 5.41) is 21.2. The molecular weight excluding hydrogens is 382 g/mol. The molecule has 3 atom stereocenters. The smallest absolute Gasteiger partial charge is 0.326 e. The molecule has 2 amide bonds. The van der Waals surface area contributed by atoms with Crippen LogP contribution < -0.4 is 11.1 Å². The van der Waals surface area contributed by atoms with Gasteiger partial charge in [-0.25, -0.2) is 4.79 Å². The first-order valence-corrected chi connectivity index (χ1v) is 10.6. The molecule has 1 fully saturated rings. The molecule has 1 aromatic rings. The van der Waals surface area contributed by atoms with E-state index in [1.807, 2.05) is 6.26 Å². The summed E-state index contributed by atoms with van der Waals surface area (Å²) in [5.41, 5.74) is 6.87. The topological polar surface area (TPSA) is 133 Å². The van der Waals surface area contributed by atoms with E-state index in [0.29, 0.717) is 31.6 Å². The van der Waals surface area contributed by atoms with Gasteiger partial charge < -0.3 is 26.2 Å². The highest BCUT2D eigenvalue weighted by atomic mass is 32.2. The van der Waals surface area contributed by atoms with E-state index in [1.165, 1.54) is 28.8 Å². The number of carboxylic acid groups (broad SMARTS) is 1. The maximum absolute atomic E-state index is 12.8. The summed E-state index contributed by atoms with van der Waals surface area (Å²) < 4.78 is 0. The van der Waals surface area contributed by atoms with Crippen molar-refractivity contribution >= 4 is 29.5 Å². The number of nitrogens with two attached hydrogens (primary N) is 1. The van der Waals surface area contributed by atoms with Crippen LogP contribution in [0.3, 0.4) is 0 Å². The largest absolute Gasteiger partial charge is 0.508 e. The molecule has 0 bridgehead atoms. The second kappa shape index (κ2) is 10.3. The molecule has 1 aromatic carbocycles. The van der Waals surface area contributed by atoms with Crippen molar-refractivity contribution in [3.05, 3.63) is 29.8 Å². The first kappa shape index (κ1) is 22.0. The Morgan fingerprint density at radius 3 is 2.61 bits per heavy atom. The van der Waals surface area contributed by atoms with Crippen molar-refractivity contribution in [2.75, 3.05) is 18.6 Å². The van der Waals surface area contributed by atoms with Crippen LogP contribution in [0.4, 0.5) is 0 Å². The number of carboxylic acids is 1. The number of aromatic hydroxyl groups is 1. The third kappa shape index (κ3) is 5.87. The van der Waals surface area contributed by atoms with Gasteiger partial charge in [0.05, 0.1) is 6.04 Å². The van der Waals surface area contributed by atoms with Crippen LogP contribution in [-0.2, 0) is 20.8 Å². The molecule has 5 N–H and O–H groups in total. The molecule has 1 saturated heterocycles. The molecule has 1 heterocycles. The van der Waals surface area contributed by atoms with Gasteiger partial charge in [-0.15, -0.1) is 0 Å². The average molecular weight is 410 g/mol. The number of thioether (sulfide) groups is 1. The van der Waals surface area contributed by atoms with Gasteiger partial charge in [-0.3, -0.25) is 9.59 Å². The predicted octanol–water partition coefficient (Wildman–Crippen LogP) is 0.576. The molecule has 1 aliphatic heterocycles. The van der Waals surface area contributed by atoms with Gasteiger partial charge in [0, 0.05) is 6.54 Å². The Bertz CT molecular complexity index is 697. The Morgan fingerprint density at radius 2 is 2.00 bits per heavy atom. The number of carbonyl (C=O) groups is 3. The van der Waals surface area contributed by atoms with Crippen LogP contribution in [-0.4, -0.2) is 69.6 Å². The van der Waals surface area contributed by atoms with E-state index in [-0.39, 0.29) is 18.1 Å². The van der Waals surface area contributed by atoms with Gasteiger partial charge in [0.15, 0.2) is 0 Å². The van der Waals surface area contributed by atoms with Gasteiger partial charge in [-0.05, 0) is 55.4 Å². The van der Waals surface area contributed by atoms with E-state index < -0.39 is 30.0 Å². The van der Waals surface area contributed by atoms with E-state index in [2.05, 4.69) is 5.32 Å². The Balaban J connectivity index is 1.99. The normalized spacial score (nSPS) is 18.5. The fraction of sp³-hybridized carbons (Fsp3) is 0.526. The Labute approximate surface area is 168 Å². The van der Waals surface area contributed by atoms with Crippen molar-refractivity contribution in [3.63, 3.8) is 0 Å². The molecule has 1 aliphatic rings. The summed E-state index contributed by atoms with van der Waals surface area (Å²) >= 11 is 1.51. The highest BCUT2D eigenvalue weighted by molar-refractivity contribution is 7.98. The number of amides is 2. The van der Waals surface area contributed by atoms with E-state index in [0.717, 1.165) is 5.56 Å². The summed E-state index contributed by atoms with van der Waals surface area (Å²) in [4.78, 5) is 38.2. The van der Waals surface area contributed by atoms with Crippen LogP contribution >= 0.6 is 11.8 Å². The second-order valence-electron chi connectivity index (χ2n) is 6.85. The summed E-state index contributed by atoms with van der Waals surface area (Å²) in [6, 6.07) is 3.96. The van der Waals surface area contributed by atoms with Crippen molar-refractivity contribution in [1.29, 1.82) is 0 Å². The van der Waals surface area contributed by atoms with Gasteiger partial charge in [-0.1, -0.05) is 12.1 Å². The minimum atomic E-state index is -1.08. The molecule has 9 heteroatoms. The highest BCUT2D eigenvalue weighted by Crippen LogP contribution is 2.20. The van der Waals surface area contributed by atoms with E-state index in [1.54, 1.807) is 12.1 Å². The third-order valence-electron chi connectivity index (χ3n) is 4.77. The number of benzene rings is 1. The molecule has 3 unspecified atom stereocenters. The van der Waals surface area contributed by atoms with Crippen LogP contribution in [0.25, 0.3) is 0 Å². The van der Waals surface area contributed by atoms with Crippen molar-refractivity contribution in [1.82, 2.24) is 10.2 Å². The lowest BCUT2D eigenvalue weighted by Gasteiger charge is -2.27. The number of nitrogens with one attached hydrogen (secondary N) is 1. The fourth-order valence-corrected chi connectivity index (χ4v) is 3.72. The third-order valence-corrected chi connectivity index (χ3v) is 5.42. The highest BCUT2D eigenvalue weighted by Gasteiger charge is 2.37. The molecule has 0 radical (unpaired) electrons. The number of rotatable bonds is 9. The molecule has 0 aliphatic carbocycles. The maximum Gasteiger partial charge on any atom is 0.326 e. The monoisotopic (exact) mass is 409 g/mol. The lowest BCUT2D eigenvalue weighted by Crippen LogP contribution is -2.54. The fourth-order valence-electron chi connectivity index (χ4n) is 3.25. The van der Waals surface area contributed by atoms with Gasteiger partial charge in [0.25, 0.3) is 0 Å². The zero-order valence-electron chi connectivity index (χ0n) is 15.8. The summed E-state index contributed by atoms with van der Waals surface area (Å²) in [7, 11) is 0. The quantitative estimate of drug-likeness (QED) is 0.469. The Morgan fingerprint density at radius 1 is 1.32 bits per heavy atom. The number of carbonyl (C=O) groups excluding carboxylic acids is 2. The number of phenols is 1. The number of nitrogens with zero attached hydrogens (tertiary/aromatic N) is 1. The Kier molecular flexibility index (Phi) is 8.13. The predicted molar refractivity (Wildman–Crippen MR) is 107 cm³/mol. The zero-order chi connectivity index (χ0) is 20.7. The van der Waals surface area contributed by atoms with E-state index in [4.69, 9.17) is 5.73 Å². The Hall–Kier alpha value is -2.26. The molecule has 28 heavy (non-hydrogen) atoms. The molecule has 0 aromatic heterocycles. The van der Waals surface area contributed by atoms with Gasteiger partial charge in [0.2, 0.25) is 11.8 Å². The van der Waals surface area contributed by atoms with Crippen LogP contribution in [0.1, 0.15) is 24.8 Å². The summed E-state index contributed by atoms with van der Waals surface area (Å²) in [6.45, 7) is 0.419. The average Bonchev–Trinajstić information content (AvgIpc) is 3.15. The van der Waals surface area contributed by atoms with E-state index in [9.17, 15) is 24.6 Å². The number of phenolic OH excluding ortho intramolecular Hbond substituents is 1. The van der Waals surface area contributed by atoms with E-state index >= 15 is 0 Å². The van der Waals surface area contributed by atoms with Gasteiger partial charge in [-0.2, -0.15) is 11.8 Å². The molecule has 0 spiro atoms. The van der Waals surface area contributed by atoms with Crippen molar-refractivity contribution < 1.29 is 24.6 Å². The first-order chi connectivity index (χ1) is 13.3. The lowest BCUT2D eigenvalue weighted by molar-refractivity contribution is -0.144. The summed E-state index contributed by atoms with van der Waals surface area (Å²) in [5.74, 6) is -1.11.